The Hall–Kier alpha value is -2.24. The van der Waals surface area contributed by atoms with Gasteiger partial charge in [0.1, 0.15) is 5.75 Å². The summed E-state index contributed by atoms with van der Waals surface area (Å²) in [4.78, 5) is 26.2. The lowest BCUT2D eigenvalue weighted by molar-refractivity contribution is -0.113. The summed E-state index contributed by atoms with van der Waals surface area (Å²) in [5.41, 5.74) is 1.26. The number of nitrogens with zero attached hydrogens (tertiary/aromatic N) is 1. The molecule has 1 heterocycles. The molecule has 0 aromatic heterocycles. The van der Waals surface area contributed by atoms with Gasteiger partial charge in [-0.25, -0.2) is 4.90 Å². The molecule has 0 aliphatic carbocycles. The van der Waals surface area contributed by atoms with Gasteiger partial charge < -0.3 is 4.74 Å². The molecular formula is C17H12ClNO3S. The lowest BCUT2D eigenvalue weighted by Crippen LogP contribution is -2.27. The molecule has 4 nitrogen and oxygen atoms in total. The molecule has 0 atom stereocenters. The van der Waals surface area contributed by atoms with E-state index in [1.54, 1.807) is 43.5 Å². The van der Waals surface area contributed by atoms with Crippen LogP contribution in [0.25, 0.3) is 6.08 Å². The van der Waals surface area contributed by atoms with Crippen molar-refractivity contribution in [3.8, 4) is 5.75 Å². The van der Waals surface area contributed by atoms with Gasteiger partial charge in [0.15, 0.2) is 0 Å². The van der Waals surface area contributed by atoms with E-state index in [0.717, 1.165) is 22.2 Å². The van der Waals surface area contributed by atoms with Gasteiger partial charge in [0.05, 0.1) is 17.7 Å². The third-order valence-electron chi connectivity index (χ3n) is 3.25. The Morgan fingerprint density at radius 2 is 1.91 bits per heavy atom. The first-order chi connectivity index (χ1) is 11.1. The molecule has 0 spiro atoms. The molecule has 116 valence electrons. The highest BCUT2D eigenvalue weighted by molar-refractivity contribution is 8.19. The normalized spacial score (nSPS) is 16.3. The van der Waals surface area contributed by atoms with Crippen LogP contribution < -0.4 is 9.64 Å². The van der Waals surface area contributed by atoms with E-state index in [0.29, 0.717) is 21.4 Å². The van der Waals surface area contributed by atoms with E-state index >= 15 is 0 Å². The van der Waals surface area contributed by atoms with Gasteiger partial charge in [-0.15, -0.1) is 0 Å². The van der Waals surface area contributed by atoms with Crippen molar-refractivity contribution in [1.29, 1.82) is 0 Å². The number of anilines is 1. The zero-order valence-corrected chi connectivity index (χ0v) is 13.7. The van der Waals surface area contributed by atoms with Crippen molar-refractivity contribution < 1.29 is 14.3 Å². The predicted octanol–water partition coefficient (Wildman–Crippen LogP) is 4.59. The van der Waals surface area contributed by atoms with Crippen LogP contribution in [0, 0.1) is 0 Å². The number of hydrogen-bond donors (Lipinski definition) is 0. The van der Waals surface area contributed by atoms with Crippen LogP contribution in [0.5, 0.6) is 5.75 Å². The summed E-state index contributed by atoms with van der Waals surface area (Å²) in [6.07, 6.45) is 1.68. The van der Waals surface area contributed by atoms with Crippen LogP contribution in [0.1, 0.15) is 5.56 Å². The lowest BCUT2D eigenvalue weighted by atomic mass is 10.2. The number of thioether (sulfide) groups is 1. The number of imide groups is 1. The quantitative estimate of drug-likeness (QED) is 0.763. The monoisotopic (exact) mass is 345 g/mol. The van der Waals surface area contributed by atoms with Gasteiger partial charge in [-0.1, -0.05) is 29.8 Å². The highest BCUT2D eigenvalue weighted by Crippen LogP contribution is 2.36. The number of halogens is 1. The van der Waals surface area contributed by atoms with Crippen LogP contribution in [0.4, 0.5) is 10.5 Å². The van der Waals surface area contributed by atoms with Crippen molar-refractivity contribution in [2.24, 2.45) is 0 Å². The maximum Gasteiger partial charge on any atom is 0.298 e. The molecule has 0 bridgehead atoms. The highest BCUT2D eigenvalue weighted by atomic mass is 35.5. The Balaban J connectivity index is 1.93. The molecule has 1 aliphatic rings. The van der Waals surface area contributed by atoms with Gasteiger partial charge in [0, 0.05) is 5.02 Å². The topological polar surface area (TPSA) is 46.6 Å². The first-order valence-corrected chi connectivity index (χ1v) is 7.95. The zero-order valence-electron chi connectivity index (χ0n) is 12.2. The van der Waals surface area contributed by atoms with Crippen LogP contribution in [-0.4, -0.2) is 18.3 Å². The molecule has 6 heteroatoms. The molecule has 0 saturated carbocycles. The van der Waals surface area contributed by atoms with E-state index in [2.05, 4.69) is 0 Å². The van der Waals surface area contributed by atoms with Crippen molar-refractivity contribution in [2.45, 2.75) is 0 Å². The molecule has 0 N–H and O–H groups in total. The van der Waals surface area contributed by atoms with E-state index in [-0.39, 0.29) is 11.1 Å². The second-order valence-electron chi connectivity index (χ2n) is 4.77. The fraction of sp³-hybridized carbons (Fsp3) is 0.0588. The minimum absolute atomic E-state index is 0.341. The summed E-state index contributed by atoms with van der Waals surface area (Å²) in [7, 11) is 1.58. The molecule has 1 aliphatic heterocycles. The van der Waals surface area contributed by atoms with Crippen LogP contribution in [0.15, 0.2) is 53.4 Å². The van der Waals surface area contributed by atoms with Crippen molar-refractivity contribution >= 4 is 46.3 Å². The van der Waals surface area contributed by atoms with E-state index < -0.39 is 0 Å². The standard InChI is InChI=1S/C17H12ClNO3S/c1-22-14-7-2-4-11(8-14)9-15-16(20)19(17(21)23-15)13-6-3-5-12(18)10-13/h2-10H,1H3/b15-9+. The summed E-state index contributed by atoms with van der Waals surface area (Å²) < 4.78 is 5.16. The maximum absolute atomic E-state index is 12.5. The third kappa shape index (κ3) is 3.25. The number of methoxy groups -OCH3 is 1. The Kier molecular flexibility index (Phi) is 4.41. The number of amides is 2. The number of carbonyl (C=O) groups excluding carboxylic acids is 2. The summed E-state index contributed by atoms with van der Waals surface area (Å²) >= 11 is 6.84. The molecule has 0 unspecified atom stereocenters. The van der Waals surface area contributed by atoms with Crippen molar-refractivity contribution in [3.05, 3.63) is 64.0 Å². The van der Waals surface area contributed by atoms with Crippen molar-refractivity contribution in [3.63, 3.8) is 0 Å². The van der Waals surface area contributed by atoms with Crippen LogP contribution >= 0.6 is 23.4 Å². The van der Waals surface area contributed by atoms with Crippen molar-refractivity contribution in [1.82, 2.24) is 0 Å². The molecule has 23 heavy (non-hydrogen) atoms. The number of carbonyl (C=O) groups is 2. The molecule has 3 rings (SSSR count). The number of rotatable bonds is 3. The first kappa shape index (κ1) is 15.6. The molecule has 2 aromatic rings. The first-order valence-electron chi connectivity index (χ1n) is 6.76. The van der Waals surface area contributed by atoms with E-state index in [1.807, 2.05) is 18.2 Å². The van der Waals surface area contributed by atoms with Crippen molar-refractivity contribution in [2.75, 3.05) is 12.0 Å². The minimum Gasteiger partial charge on any atom is -0.497 e. The molecule has 2 aromatic carbocycles. The molecule has 0 radical (unpaired) electrons. The van der Waals surface area contributed by atoms with Gasteiger partial charge in [-0.05, 0) is 53.7 Å². The van der Waals surface area contributed by atoms with Crippen LogP contribution in [0.3, 0.4) is 0 Å². The lowest BCUT2D eigenvalue weighted by Gasteiger charge is -2.12. The molecule has 1 saturated heterocycles. The van der Waals surface area contributed by atoms with Crippen LogP contribution in [-0.2, 0) is 4.79 Å². The molecule has 2 amide bonds. The average molecular weight is 346 g/mol. The predicted molar refractivity (Wildman–Crippen MR) is 92.9 cm³/mol. The number of hydrogen-bond acceptors (Lipinski definition) is 4. The highest BCUT2D eigenvalue weighted by Gasteiger charge is 2.36. The largest absolute Gasteiger partial charge is 0.497 e. The number of benzene rings is 2. The number of ether oxygens (including phenoxy) is 1. The fourth-order valence-corrected chi connectivity index (χ4v) is 3.21. The van der Waals surface area contributed by atoms with E-state index in [4.69, 9.17) is 16.3 Å². The maximum atomic E-state index is 12.5. The summed E-state index contributed by atoms with van der Waals surface area (Å²) in [6.45, 7) is 0. The third-order valence-corrected chi connectivity index (χ3v) is 4.36. The smallest absolute Gasteiger partial charge is 0.298 e. The van der Waals surface area contributed by atoms with Gasteiger partial charge in [-0.2, -0.15) is 0 Å². The Labute approximate surface area is 142 Å². The van der Waals surface area contributed by atoms with Gasteiger partial charge in [-0.3, -0.25) is 9.59 Å². The Morgan fingerprint density at radius 1 is 1.13 bits per heavy atom. The summed E-state index contributed by atoms with van der Waals surface area (Å²) in [5, 5.41) is 0.129. The Morgan fingerprint density at radius 3 is 2.65 bits per heavy atom. The Bertz CT molecular complexity index is 819. The zero-order chi connectivity index (χ0) is 16.4. The van der Waals surface area contributed by atoms with E-state index in [1.165, 1.54) is 0 Å². The minimum atomic E-state index is -0.356. The molecule has 1 fully saturated rings. The van der Waals surface area contributed by atoms with Gasteiger partial charge >= 0.3 is 0 Å². The average Bonchev–Trinajstić information content (AvgIpc) is 2.81. The van der Waals surface area contributed by atoms with Gasteiger partial charge in [0.2, 0.25) is 0 Å². The van der Waals surface area contributed by atoms with E-state index in [9.17, 15) is 9.59 Å². The molecular weight excluding hydrogens is 334 g/mol. The summed E-state index contributed by atoms with van der Waals surface area (Å²) in [6, 6.07) is 13.9. The van der Waals surface area contributed by atoms with Crippen LogP contribution in [0.2, 0.25) is 5.02 Å². The summed E-state index contributed by atoms with van der Waals surface area (Å²) in [5.74, 6) is 0.331. The second-order valence-corrected chi connectivity index (χ2v) is 6.20. The second kappa shape index (κ2) is 6.48. The SMILES string of the molecule is COc1cccc(/C=C2/SC(=O)N(c3cccc(Cl)c3)C2=O)c1. The fourth-order valence-electron chi connectivity index (χ4n) is 2.19. The van der Waals surface area contributed by atoms with Gasteiger partial charge in [0.25, 0.3) is 11.1 Å².